The molecule has 2 unspecified atom stereocenters. The highest BCUT2D eigenvalue weighted by molar-refractivity contribution is 5.95. The summed E-state index contributed by atoms with van der Waals surface area (Å²) in [6.45, 7) is 7.75. The number of benzene rings is 1. The summed E-state index contributed by atoms with van der Waals surface area (Å²) in [5.41, 5.74) is 3.05. The number of rotatable bonds is 6. The van der Waals surface area contributed by atoms with E-state index in [-0.39, 0.29) is 25.1 Å². The molecule has 0 bridgehead atoms. The molecule has 0 radical (unpaired) electrons. The van der Waals surface area contributed by atoms with E-state index in [1.165, 1.54) is 0 Å². The van der Waals surface area contributed by atoms with Crippen molar-refractivity contribution in [2.24, 2.45) is 5.92 Å². The van der Waals surface area contributed by atoms with Crippen LogP contribution in [0.15, 0.2) is 18.2 Å². The molecule has 0 saturated carbocycles. The molecule has 1 heterocycles. The number of piperidine rings is 1. The molecule has 0 aromatic heterocycles. The quantitative estimate of drug-likeness (QED) is 0.862. The number of nitriles is 1. The van der Waals surface area contributed by atoms with Gasteiger partial charge >= 0.3 is 0 Å². The predicted octanol–water partition coefficient (Wildman–Crippen LogP) is 2.64. The molecule has 136 valence electrons. The lowest BCUT2D eigenvalue weighted by Gasteiger charge is -2.39. The minimum atomic E-state index is -0.00667. The molecule has 25 heavy (non-hydrogen) atoms. The number of carbonyl (C=O) groups excluding carboxylic acids is 1. The first-order chi connectivity index (χ1) is 12.0. The topological polar surface area (TPSA) is 67.6 Å². The summed E-state index contributed by atoms with van der Waals surface area (Å²) in [7, 11) is 0. The van der Waals surface area contributed by atoms with Gasteiger partial charge in [0.15, 0.2) is 0 Å². The van der Waals surface area contributed by atoms with Gasteiger partial charge in [-0.1, -0.05) is 13.0 Å². The van der Waals surface area contributed by atoms with Crippen molar-refractivity contribution >= 4 is 11.6 Å². The highest BCUT2D eigenvalue weighted by Gasteiger charge is 2.30. The molecule has 2 atom stereocenters. The van der Waals surface area contributed by atoms with Crippen molar-refractivity contribution in [1.29, 1.82) is 5.26 Å². The second-order valence-electron chi connectivity index (χ2n) is 7.14. The van der Waals surface area contributed by atoms with Crippen LogP contribution in [0.25, 0.3) is 0 Å². The van der Waals surface area contributed by atoms with Gasteiger partial charge in [-0.15, -0.1) is 0 Å². The second kappa shape index (κ2) is 8.98. The van der Waals surface area contributed by atoms with Crippen LogP contribution in [-0.2, 0) is 4.79 Å². The number of anilines is 1. The van der Waals surface area contributed by atoms with Crippen LogP contribution in [-0.4, -0.2) is 48.2 Å². The molecule has 1 aromatic rings. The third kappa shape index (κ3) is 5.04. The third-order valence-electron chi connectivity index (χ3n) is 5.02. The number of nitrogens with zero attached hydrogens (tertiary/aromatic N) is 3. The Morgan fingerprint density at radius 3 is 2.64 bits per heavy atom. The summed E-state index contributed by atoms with van der Waals surface area (Å²) in [4.78, 5) is 16.8. The Bertz CT molecular complexity index is 618. The van der Waals surface area contributed by atoms with Gasteiger partial charge < -0.3 is 10.0 Å². The number of aliphatic hydroxyl groups excluding tert-OH is 1. The number of carbonyl (C=O) groups is 1. The Labute approximate surface area is 150 Å². The highest BCUT2D eigenvalue weighted by Crippen LogP contribution is 2.24. The van der Waals surface area contributed by atoms with Crippen LogP contribution in [0.5, 0.6) is 0 Å². The molecule has 2 rings (SSSR count). The fraction of sp³-hybridized carbons (Fsp3) is 0.600. The van der Waals surface area contributed by atoms with Crippen molar-refractivity contribution in [2.45, 2.75) is 46.1 Å². The predicted molar refractivity (Wildman–Crippen MR) is 99.3 cm³/mol. The molecule has 1 aromatic carbocycles. The molecule has 5 heteroatoms. The minimum absolute atomic E-state index is 0.00667. The van der Waals surface area contributed by atoms with Gasteiger partial charge in [-0.3, -0.25) is 9.69 Å². The van der Waals surface area contributed by atoms with E-state index in [9.17, 15) is 9.90 Å². The van der Waals surface area contributed by atoms with Crippen LogP contribution in [0.4, 0.5) is 5.69 Å². The first kappa shape index (κ1) is 19.4. The van der Waals surface area contributed by atoms with E-state index >= 15 is 0 Å². The summed E-state index contributed by atoms with van der Waals surface area (Å²) in [5, 5.41) is 18.7. The summed E-state index contributed by atoms with van der Waals surface area (Å²) in [6.07, 6.45) is 2.44. The SMILES string of the molecule is Cc1cc(C)cc(N(CCC#N)C(=O)CN2CCCC(C)C2CO)c1. The average molecular weight is 343 g/mol. The van der Waals surface area contributed by atoms with Crippen molar-refractivity contribution in [1.82, 2.24) is 4.90 Å². The lowest BCUT2D eigenvalue weighted by molar-refractivity contribution is -0.121. The molecule has 1 N–H and O–H groups in total. The number of aliphatic hydroxyl groups is 1. The maximum atomic E-state index is 13.0. The zero-order valence-electron chi connectivity index (χ0n) is 15.5. The van der Waals surface area contributed by atoms with E-state index < -0.39 is 0 Å². The van der Waals surface area contributed by atoms with Gasteiger partial charge in [-0.2, -0.15) is 5.26 Å². The molecule has 1 amide bonds. The molecule has 0 aliphatic carbocycles. The van der Waals surface area contributed by atoms with Crippen LogP contribution in [0.2, 0.25) is 0 Å². The average Bonchev–Trinajstić information content (AvgIpc) is 2.54. The third-order valence-corrected chi connectivity index (χ3v) is 5.02. The van der Waals surface area contributed by atoms with Crippen LogP contribution in [0, 0.1) is 31.1 Å². The van der Waals surface area contributed by atoms with Gasteiger partial charge in [0, 0.05) is 18.3 Å². The monoisotopic (exact) mass is 343 g/mol. The first-order valence-electron chi connectivity index (χ1n) is 9.06. The Kier molecular flexibility index (Phi) is 6.98. The fourth-order valence-corrected chi connectivity index (χ4v) is 3.75. The van der Waals surface area contributed by atoms with E-state index in [4.69, 9.17) is 5.26 Å². The smallest absolute Gasteiger partial charge is 0.241 e. The Balaban J connectivity index is 2.19. The summed E-state index contributed by atoms with van der Waals surface area (Å²) in [6, 6.07) is 8.23. The van der Waals surface area contributed by atoms with Crippen molar-refractivity contribution in [2.75, 3.05) is 31.1 Å². The molecule has 1 saturated heterocycles. The number of amides is 1. The molecule has 1 aliphatic rings. The molecule has 0 spiro atoms. The number of aryl methyl sites for hydroxylation is 2. The number of hydrogen-bond acceptors (Lipinski definition) is 4. The molecule has 1 aliphatic heterocycles. The van der Waals surface area contributed by atoms with Crippen molar-refractivity contribution < 1.29 is 9.90 Å². The molecule has 5 nitrogen and oxygen atoms in total. The lowest BCUT2D eigenvalue weighted by Crippen LogP contribution is -2.51. The van der Waals surface area contributed by atoms with Gasteiger partial charge in [0.1, 0.15) is 0 Å². The Morgan fingerprint density at radius 1 is 1.36 bits per heavy atom. The largest absolute Gasteiger partial charge is 0.395 e. The molecular weight excluding hydrogens is 314 g/mol. The van der Waals surface area contributed by atoms with E-state index in [0.29, 0.717) is 18.9 Å². The van der Waals surface area contributed by atoms with Gasteiger partial charge in [-0.25, -0.2) is 0 Å². The summed E-state index contributed by atoms with van der Waals surface area (Å²) >= 11 is 0. The zero-order chi connectivity index (χ0) is 18.4. The van der Waals surface area contributed by atoms with Gasteiger partial charge in [0.2, 0.25) is 5.91 Å². The van der Waals surface area contributed by atoms with Crippen LogP contribution >= 0.6 is 0 Å². The minimum Gasteiger partial charge on any atom is -0.395 e. The van der Waals surface area contributed by atoms with Crippen LogP contribution in [0.3, 0.4) is 0 Å². The maximum absolute atomic E-state index is 13.0. The van der Waals surface area contributed by atoms with Crippen molar-refractivity contribution in [3.05, 3.63) is 29.3 Å². The van der Waals surface area contributed by atoms with Crippen LogP contribution in [0.1, 0.15) is 37.3 Å². The van der Waals surface area contributed by atoms with Crippen LogP contribution < -0.4 is 4.90 Å². The zero-order valence-corrected chi connectivity index (χ0v) is 15.5. The highest BCUT2D eigenvalue weighted by atomic mass is 16.3. The number of likely N-dealkylation sites (tertiary alicyclic amines) is 1. The van der Waals surface area contributed by atoms with Crippen molar-refractivity contribution in [3.63, 3.8) is 0 Å². The van der Waals surface area contributed by atoms with E-state index in [0.717, 1.165) is 36.2 Å². The lowest BCUT2D eigenvalue weighted by atomic mass is 9.91. The molecule has 1 fully saturated rings. The van der Waals surface area contributed by atoms with Crippen molar-refractivity contribution in [3.8, 4) is 6.07 Å². The van der Waals surface area contributed by atoms with Gasteiger partial charge in [0.05, 0.1) is 25.6 Å². The normalized spacial score (nSPS) is 20.9. The second-order valence-corrected chi connectivity index (χ2v) is 7.14. The Hall–Kier alpha value is -1.90. The van der Waals surface area contributed by atoms with E-state index in [1.807, 2.05) is 26.0 Å². The number of hydrogen-bond donors (Lipinski definition) is 1. The fourth-order valence-electron chi connectivity index (χ4n) is 3.75. The Morgan fingerprint density at radius 2 is 2.04 bits per heavy atom. The standard InChI is InChI=1S/C20H29N3O2/c1-15-10-16(2)12-18(11-15)23(9-5-7-21)20(25)13-22-8-4-6-17(3)19(22)14-24/h10-12,17,19,24H,4-6,8-9,13-14H2,1-3H3. The summed E-state index contributed by atoms with van der Waals surface area (Å²) < 4.78 is 0. The van der Waals surface area contributed by atoms with E-state index in [2.05, 4.69) is 24.0 Å². The maximum Gasteiger partial charge on any atom is 0.241 e. The van der Waals surface area contributed by atoms with Gasteiger partial charge in [0.25, 0.3) is 0 Å². The molecular formula is C20H29N3O2. The summed E-state index contributed by atoms with van der Waals surface area (Å²) in [5.74, 6) is 0.383. The first-order valence-corrected chi connectivity index (χ1v) is 9.06. The van der Waals surface area contributed by atoms with Gasteiger partial charge in [-0.05, 0) is 62.4 Å². The van der Waals surface area contributed by atoms with E-state index in [1.54, 1.807) is 4.90 Å².